The molecule has 4 heteroatoms. The first-order chi connectivity index (χ1) is 13.8. The van der Waals surface area contributed by atoms with E-state index < -0.39 is 0 Å². The van der Waals surface area contributed by atoms with E-state index in [0.717, 1.165) is 17.9 Å². The number of allylic oxidation sites excluding steroid dienone is 1. The molecular formula is C25H28LiNO2. The molecular weight excluding hydrogens is 353 g/mol. The summed E-state index contributed by atoms with van der Waals surface area (Å²) in [6, 6.07) is 18.9. The monoisotopic (exact) mass is 381 g/mol. The summed E-state index contributed by atoms with van der Waals surface area (Å²) in [6.45, 7) is 2.79. The third kappa shape index (κ3) is 4.64. The number of aliphatic imine (C=N–C) groups is 1. The van der Waals surface area contributed by atoms with Gasteiger partial charge in [0.05, 0.1) is 6.61 Å². The van der Waals surface area contributed by atoms with E-state index in [4.69, 9.17) is 14.5 Å². The van der Waals surface area contributed by atoms with Crippen LogP contribution in [0.5, 0.6) is 0 Å². The van der Waals surface area contributed by atoms with E-state index in [1.807, 2.05) is 6.07 Å². The van der Waals surface area contributed by atoms with Crippen molar-refractivity contribution in [2.75, 3.05) is 13.7 Å². The van der Waals surface area contributed by atoms with Gasteiger partial charge >= 0.3 is 18.9 Å². The predicted octanol–water partition coefficient (Wildman–Crippen LogP) is 2.63. The van der Waals surface area contributed by atoms with Crippen molar-refractivity contribution in [2.24, 2.45) is 10.9 Å². The van der Waals surface area contributed by atoms with Crippen LogP contribution in [0.1, 0.15) is 49.0 Å². The fourth-order valence-electron chi connectivity index (χ4n) is 4.15. The molecule has 2 aliphatic rings. The van der Waals surface area contributed by atoms with Crippen molar-refractivity contribution in [2.45, 2.75) is 38.3 Å². The van der Waals surface area contributed by atoms with Crippen LogP contribution < -0.4 is 18.9 Å². The van der Waals surface area contributed by atoms with Crippen LogP contribution in [-0.4, -0.2) is 25.7 Å². The van der Waals surface area contributed by atoms with Crippen LogP contribution in [0.25, 0.3) is 6.08 Å². The minimum absolute atomic E-state index is 0. The summed E-state index contributed by atoms with van der Waals surface area (Å²) in [5, 5.41) is 0. The van der Waals surface area contributed by atoms with E-state index in [9.17, 15) is 0 Å². The first kappa shape index (κ1) is 21.8. The largest absolute Gasteiger partial charge is 1.00 e. The Morgan fingerprint density at radius 3 is 2.59 bits per heavy atom. The molecule has 1 aliphatic heterocycles. The van der Waals surface area contributed by atoms with Gasteiger partial charge in [-0.3, -0.25) is 4.99 Å². The Morgan fingerprint density at radius 1 is 1.07 bits per heavy atom. The van der Waals surface area contributed by atoms with Gasteiger partial charge in [-0.2, -0.15) is 11.6 Å². The van der Waals surface area contributed by atoms with E-state index in [1.165, 1.54) is 29.9 Å². The zero-order valence-corrected chi connectivity index (χ0v) is 17.7. The SMILES string of the molecule is CCCC[C@H]1C=Cc2ccccc2[C-]1C1=N[C@@H](COC)[C@H](c2ccccc2)O1.[Li+]. The average Bonchev–Trinajstić information content (AvgIpc) is 3.16. The minimum Gasteiger partial charge on any atom is -0.477 e. The molecule has 0 unspecified atom stereocenters. The average molecular weight is 381 g/mol. The molecule has 0 radical (unpaired) electrons. The number of fused-ring (bicyclic) bond motifs is 1. The van der Waals surface area contributed by atoms with Gasteiger partial charge in [0.15, 0.2) is 5.90 Å². The van der Waals surface area contributed by atoms with Crippen LogP contribution in [0.3, 0.4) is 0 Å². The topological polar surface area (TPSA) is 30.8 Å². The van der Waals surface area contributed by atoms with E-state index >= 15 is 0 Å². The number of ether oxygens (including phenoxy) is 2. The van der Waals surface area contributed by atoms with Gasteiger partial charge in [0.1, 0.15) is 12.1 Å². The molecule has 29 heavy (non-hydrogen) atoms. The Labute approximate surface area is 186 Å². The third-order valence-corrected chi connectivity index (χ3v) is 5.57. The molecule has 0 N–H and O–H groups in total. The van der Waals surface area contributed by atoms with Gasteiger partial charge in [-0.1, -0.05) is 74.6 Å². The van der Waals surface area contributed by atoms with Crippen molar-refractivity contribution < 1.29 is 28.3 Å². The summed E-state index contributed by atoms with van der Waals surface area (Å²) in [6.07, 6.45) is 7.96. The number of hydrogen-bond donors (Lipinski definition) is 0. The summed E-state index contributed by atoms with van der Waals surface area (Å²) >= 11 is 0. The van der Waals surface area contributed by atoms with Crippen LogP contribution in [-0.2, 0) is 9.47 Å². The second-order valence-corrected chi connectivity index (χ2v) is 7.51. The molecule has 146 valence electrons. The summed E-state index contributed by atoms with van der Waals surface area (Å²) < 4.78 is 12.0. The van der Waals surface area contributed by atoms with Gasteiger partial charge in [0, 0.05) is 7.11 Å². The standard InChI is InChI=1S/C25H28NO2.Li/c1-3-4-10-19-16-15-18-11-8-9-14-21(18)23(19)25-26-22(17-27-2)24(28-25)20-12-6-5-7-13-20;/h5-9,11-16,19,22,24H,3-4,10,17H2,1-2H3;/q-1;+1/t19-,22-,24-;/m0./s1. The zero-order valence-electron chi connectivity index (χ0n) is 17.7. The Hall–Kier alpha value is -1.92. The number of methoxy groups -OCH3 is 1. The molecule has 2 aromatic rings. The molecule has 0 saturated carbocycles. The van der Waals surface area contributed by atoms with Crippen LogP contribution >= 0.6 is 0 Å². The smallest absolute Gasteiger partial charge is 0.477 e. The quantitative estimate of drug-likeness (QED) is 0.545. The normalized spacial score (nSPS) is 22.5. The maximum atomic E-state index is 6.52. The Balaban J connectivity index is 0.00000240. The van der Waals surface area contributed by atoms with Crippen molar-refractivity contribution in [3.63, 3.8) is 0 Å². The fraction of sp³-hybridized carbons (Fsp3) is 0.360. The van der Waals surface area contributed by atoms with Crippen LogP contribution in [0.15, 0.2) is 65.7 Å². The molecule has 3 nitrogen and oxygen atoms in total. The molecule has 0 aromatic heterocycles. The van der Waals surface area contributed by atoms with Gasteiger partial charge in [0.25, 0.3) is 0 Å². The molecule has 0 spiro atoms. The molecule has 0 saturated heterocycles. The summed E-state index contributed by atoms with van der Waals surface area (Å²) in [5.74, 6) is 2.35. The molecule has 1 heterocycles. The maximum absolute atomic E-state index is 6.52. The van der Waals surface area contributed by atoms with E-state index in [-0.39, 0.29) is 31.0 Å². The number of nitrogens with zero attached hydrogens (tertiary/aromatic N) is 1. The molecule has 0 fully saturated rings. The summed E-state index contributed by atoms with van der Waals surface area (Å²) in [4.78, 5) is 5.01. The summed E-state index contributed by atoms with van der Waals surface area (Å²) in [7, 11) is 1.73. The van der Waals surface area contributed by atoms with Crippen molar-refractivity contribution in [3.8, 4) is 0 Å². The maximum Gasteiger partial charge on any atom is 1.00 e. The minimum atomic E-state index is -0.103. The summed E-state index contributed by atoms with van der Waals surface area (Å²) in [5.41, 5.74) is 3.63. The second kappa shape index (κ2) is 10.2. The number of benzene rings is 2. The van der Waals surface area contributed by atoms with Gasteiger partial charge in [-0.15, -0.1) is 23.8 Å². The first-order valence-corrected chi connectivity index (χ1v) is 10.2. The van der Waals surface area contributed by atoms with Crippen molar-refractivity contribution >= 4 is 12.0 Å². The molecule has 2 aromatic carbocycles. The van der Waals surface area contributed by atoms with E-state index in [1.54, 1.807) is 7.11 Å². The van der Waals surface area contributed by atoms with E-state index in [0.29, 0.717) is 12.5 Å². The van der Waals surface area contributed by atoms with Crippen LogP contribution in [0.4, 0.5) is 0 Å². The first-order valence-electron chi connectivity index (χ1n) is 10.2. The van der Waals surface area contributed by atoms with Crippen molar-refractivity contribution in [1.29, 1.82) is 0 Å². The molecule has 3 atom stereocenters. The van der Waals surface area contributed by atoms with Gasteiger partial charge in [-0.25, -0.2) is 0 Å². The Bertz CT molecular complexity index is 849. The molecule has 0 amide bonds. The number of unbranched alkanes of at least 4 members (excludes halogenated alkanes) is 1. The van der Waals surface area contributed by atoms with Gasteiger partial charge in [-0.05, 0) is 11.5 Å². The predicted molar refractivity (Wildman–Crippen MR) is 114 cm³/mol. The Morgan fingerprint density at radius 2 is 1.83 bits per heavy atom. The fourth-order valence-corrected chi connectivity index (χ4v) is 4.15. The van der Waals surface area contributed by atoms with Crippen LogP contribution in [0.2, 0.25) is 0 Å². The zero-order chi connectivity index (χ0) is 19.3. The van der Waals surface area contributed by atoms with Crippen molar-refractivity contribution in [3.05, 3.63) is 83.3 Å². The molecule has 4 rings (SSSR count). The van der Waals surface area contributed by atoms with E-state index in [2.05, 4.69) is 67.6 Å². The van der Waals surface area contributed by atoms with Gasteiger partial charge < -0.3 is 9.47 Å². The molecule has 0 bridgehead atoms. The van der Waals surface area contributed by atoms with Crippen molar-refractivity contribution in [1.82, 2.24) is 0 Å². The number of rotatable bonds is 7. The number of hydrogen-bond acceptors (Lipinski definition) is 3. The van der Waals surface area contributed by atoms with Crippen LogP contribution in [0, 0.1) is 11.8 Å². The van der Waals surface area contributed by atoms with Gasteiger partial charge in [0.2, 0.25) is 0 Å². The Kier molecular flexibility index (Phi) is 7.67. The molecule has 1 aliphatic carbocycles. The third-order valence-electron chi connectivity index (χ3n) is 5.57. The second-order valence-electron chi connectivity index (χ2n) is 7.51.